The van der Waals surface area contributed by atoms with Crippen LogP contribution in [0.25, 0.3) is 0 Å². The number of thioether (sulfide) groups is 1. The Kier molecular flexibility index (Phi) is 3.41. The highest BCUT2D eigenvalue weighted by Gasteiger charge is 2.27. The summed E-state index contributed by atoms with van der Waals surface area (Å²) in [5.74, 6) is 0. The van der Waals surface area contributed by atoms with E-state index in [2.05, 4.69) is 17.1 Å². The third-order valence-electron chi connectivity index (χ3n) is 2.42. The van der Waals surface area contributed by atoms with E-state index < -0.39 is 0 Å². The summed E-state index contributed by atoms with van der Waals surface area (Å²) in [5, 5.41) is 19.2. The minimum atomic E-state index is -0.144. The molecule has 14 heavy (non-hydrogen) atoms. The third kappa shape index (κ3) is 2.27. The zero-order valence-electron chi connectivity index (χ0n) is 8.14. The molecule has 1 N–H and O–H groups in total. The fourth-order valence-corrected chi connectivity index (χ4v) is 3.89. The van der Waals surface area contributed by atoms with Crippen molar-refractivity contribution in [1.82, 2.24) is 10.2 Å². The summed E-state index contributed by atoms with van der Waals surface area (Å²) < 4.78 is 1.01. The Labute approximate surface area is 91.9 Å². The molecule has 1 aliphatic rings. The Morgan fingerprint density at radius 3 is 2.93 bits per heavy atom. The number of aromatic nitrogens is 2. The van der Waals surface area contributed by atoms with Crippen molar-refractivity contribution in [2.75, 3.05) is 0 Å². The second kappa shape index (κ2) is 4.59. The van der Waals surface area contributed by atoms with E-state index in [0.29, 0.717) is 5.25 Å². The molecule has 0 amide bonds. The molecule has 1 fully saturated rings. The molecule has 78 valence electrons. The minimum absolute atomic E-state index is 0.144. The van der Waals surface area contributed by atoms with Crippen LogP contribution in [0.15, 0.2) is 4.34 Å². The molecule has 2 atom stereocenters. The monoisotopic (exact) mass is 230 g/mol. The van der Waals surface area contributed by atoms with Crippen LogP contribution in [-0.2, 0) is 6.42 Å². The first-order chi connectivity index (χ1) is 6.79. The molecule has 3 nitrogen and oxygen atoms in total. The SMILES string of the molecule is CCc1nnc(S[C@H]2CCC[C@@H]2O)s1. The summed E-state index contributed by atoms with van der Waals surface area (Å²) in [6.07, 6.45) is 3.99. The lowest BCUT2D eigenvalue weighted by Crippen LogP contribution is -2.14. The number of aliphatic hydroxyl groups excluding tert-OH is 1. The van der Waals surface area contributed by atoms with Gasteiger partial charge in [-0.05, 0) is 25.7 Å². The molecule has 1 heterocycles. The van der Waals surface area contributed by atoms with Crippen LogP contribution in [0.1, 0.15) is 31.2 Å². The molecule has 1 saturated carbocycles. The van der Waals surface area contributed by atoms with Crippen LogP contribution in [0.4, 0.5) is 0 Å². The number of hydrogen-bond donors (Lipinski definition) is 1. The normalized spacial score (nSPS) is 27.0. The quantitative estimate of drug-likeness (QED) is 0.864. The first-order valence-electron chi connectivity index (χ1n) is 4.96. The van der Waals surface area contributed by atoms with Gasteiger partial charge < -0.3 is 5.11 Å². The Morgan fingerprint density at radius 2 is 2.36 bits per heavy atom. The molecule has 1 aromatic heterocycles. The smallest absolute Gasteiger partial charge is 0.174 e. The van der Waals surface area contributed by atoms with Crippen molar-refractivity contribution in [3.63, 3.8) is 0 Å². The van der Waals surface area contributed by atoms with Gasteiger partial charge in [0.15, 0.2) is 4.34 Å². The van der Waals surface area contributed by atoms with E-state index in [4.69, 9.17) is 0 Å². The highest BCUT2D eigenvalue weighted by atomic mass is 32.2. The van der Waals surface area contributed by atoms with Gasteiger partial charge in [0, 0.05) is 5.25 Å². The van der Waals surface area contributed by atoms with Gasteiger partial charge in [0.1, 0.15) is 5.01 Å². The average molecular weight is 230 g/mol. The zero-order valence-corrected chi connectivity index (χ0v) is 9.77. The molecule has 0 saturated heterocycles. The van der Waals surface area contributed by atoms with Crippen molar-refractivity contribution in [2.24, 2.45) is 0 Å². The highest BCUT2D eigenvalue weighted by Crippen LogP contribution is 2.36. The van der Waals surface area contributed by atoms with Crippen LogP contribution in [0, 0.1) is 0 Å². The third-order valence-corrected chi connectivity index (χ3v) is 4.96. The Balaban J connectivity index is 1.96. The van der Waals surface area contributed by atoms with E-state index in [1.165, 1.54) is 0 Å². The van der Waals surface area contributed by atoms with E-state index in [0.717, 1.165) is 35.0 Å². The Bertz CT molecular complexity index is 303. The summed E-state index contributed by atoms with van der Waals surface area (Å²) in [5.41, 5.74) is 0. The summed E-state index contributed by atoms with van der Waals surface area (Å²) >= 11 is 3.34. The van der Waals surface area contributed by atoms with Gasteiger partial charge in [-0.1, -0.05) is 30.0 Å². The number of hydrogen-bond acceptors (Lipinski definition) is 5. The Morgan fingerprint density at radius 1 is 1.50 bits per heavy atom. The number of nitrogens with zero attached hydrogens (tertiary/aromatic N) is 2. The van der Waals surface area contributed by atoms with Crippen molar-refractivity contribution in [1.29, 1.82) is 0 Å². The predicted octanol–water partition coefficient (Wildman–Crippen LogP) is 2.11. The molecule has 2 rings (SSSR count). The molecule has 0 aliphatic heterocycles. The molecule has 0 spiro atoms. The molecular formula is C9H14N2OS2. The van der Waals surface area contributed by atoms with Gasteiger partial charge in [-0.2, -0.15) is 0 Å². The lowest BCUT2D eigenvalue weighted by atomic mass is 10.3. The maximum Gasteiger partial charge on any atom is 0.174 e. The van der Waals surface area contributed by atoms with Crippen LogP contribution in [-0.4, -0.2) is 26.7 Å². The van der Waals surface area contributed by atoms with E-state index in [1.807, 2.05) is 0 Å². The molecular weight excluding hydrogens is 216 g/mol. The topological polar surface area (TPSA) is 46.0 Å². The molecule has 0 radical (unpaired) electrons. The van der Waals surface area contributed by atoms with E-state index in [-0.39, 0.29) is 6.10 Å². The molecule has 5 heteroatoms. The standard InChI is InChI=1S/C9H14N2OS2/c1-2-8-10-11-9(14-8)13-7-5-3-4-6(7)12/h6-7,12H,2-5H2,1H3/t6-,7-/m0/s1. The first kappa shape index (κ1) is 10.4. The fourth-order valence-electron chi connectivity index (χ4n) is 1.60. The lowest BCUT2D eigenvalue weighted by Gasteiger charge is -2.10. The van der Waals surface area contributed by atoms with Gasteiger partial charge in [-0.3, -0.25) is 0 Å². The van der Waals surface area contributed by atoms with Crippen molar-refractivity contribution in [3.05, 3.63) is 5.01 Å². The second-order valence-electron chi connectivity index (χ2n) is 3.47. The van der Waals surface area contributed by atoms with Crippen molar-refractivity contribution in [3.8, 4) is 0 Å². The maximum absolute atomic E-state index is 9.65. The van der Waals surface area contributed by atoms with Crippen LogP contribution in [0.3, 0.4) is 0 Å². The second-order valence-corrected chi connectivity index (χ2v) is 6.02. The van der Waals surface area contributed by atoms with Crippen LogP contribution >= 0.6 is 23.1 Å². The van der Waals surface area contributed by atoms with Crippen molar-refractivity contribution < 1.29 is 5.11 Å². The zero-order chi connectivity index (χ0) is 9.97. The summed E-state index contributed by atoms with van der Waals surface area (Å²) in [7, 11) is 0. The minimum Gasteiger partial charge on any atom is -0.392 e. The lowest BCUT2D eigenvalue weighted by molar-refractivity contribution is 0.188. The summed E-state index contributed by atoms with van der Waals surface area (Å²) in [6, 6.07) is 0. The van der Waals surface area contributed by atoms with Crippen LogP contribution < -0.4 is 0 Å². The van der Waals surface area contributed by atoms with Gasteiger partial charge in [0.25, 0.3) is 0 Å². The molecule has 1 aliphatic carbocycles. The first-order valence-corrected chi connectivity index (χ1v) is 6.66. The van der Waals surface area contributed by atoms with Crippen LogP contribution in [0.2, 0.25) is 0 Å². The highest BCUT2D eigenvalue weighted by molar-refractivity contribution is 8.01. The Hall–Kier alpha value is -0.130. The largest absolute Gasteiger partial charge is 0.392 e. The van der Waals surface area contributed by atoms with E-state index in [9.17, 15) is 5.11 Å². The van der Waals surface area contributed by atoms with Gasteiger partial charge in [-0.25, -0.2) is 0 Å². The number of rotatable bonds is 3. The maximum atomic E-state index is 9.65. The van der Waals surface area contributed by atoms with E-state index >= 15 is 0 Å². The predicted molar refractivity (Wildman–Crippen MR) is 58.8 cm³/mol. The molecule has 0 unspecified atom stereocenters. The van der Waals surface area contributed by atoms with Crippen molar-refractivity contribution in [2.45, 2.75) is 48.3 Å². The molecule has 0 aromatic carbocycles. The van der Waals surface area contributed by atoms with Crippen LogP contribution in [0.5, 0.6) is 0 Å². The molecule has 0 bridgehead atoms. The van der Waals surface area contributed by atoms with Gasteiger partial charge in [0.05, 0.1) is 6.10 Å². The molecule has 1 aromatic rings. The van der Waals surface area contributed by atoms with Crippen molar-refractivity contribution >= 4 is 23.1 Å². The van der Waals surface area contributed by atoms with Gasteiger partial charge >= 0.3 is 0 Å². The fraction of sp³-hybridized carbons (Fsp3) is 0.778. The average Bonchev–Trinajstić information content (AvgIpc) is 2.77. The summed E-state index contributed by atoms with van der Waals surface area (Å²) in [4.78, 5) is 0. The summed E-state index contributed by atoms with van der Waals surface area (Å²) in [6.45, 7) is 2.08. The van der Waals surface area contributed by atoms with Gasteiger partial charge in [0.2, 0.25) is 0 Å². The number of aliphatic hydroxyl groups is 1. The van der Waals surface area contributed by atoms with E-state index in [1.54, 1.807) is 23.1 Å². The van der Waals surface area contributed by atoms with Gasteiger partial charge in [-0.15, -0.1) is 10.2 Å². The number of aryl methyl sites for hydroxylation is 1.